The van der Waals surface area contributed by atoms with E-state index in [1.807, 2.05) is 0 Å². The highest BCUT2D eigenvalue weighted by Gasteiger charge is 2.42. The molecule has 40 heavy (non-hydrogen) atoms. The molecule has 2 N–H and O–H groups in total. The average Bonchev–Trinajstić information content (AvgIpc) is 3.53. The first-order valence-corrected chi connectivity index (χ1v) is 13.3. The molecule has 13 heteroatoms. The SMILES string of the molecule is O=C1NC(=O)C(CC(=O)N2CCC(c3ccc(NC(=O)c4nc(-c5ccccc5)oc4C(F)(F)F)cc3)CC2)S1. The number of likely N-dealkylation sites (tertiary alicyclic amines) is 1. The van der Waals surface area contributed by atoms with E-state index in [0.29, 0.717) is 37.2 Å². The van der Waals surface area contributed by atoms with Gasteiger partial charge >= 0.3 is 6.18 Å². The Kier molecular flexibility index (Phi) is 7.66. The van der Waals surface area contributed by atoms with Gasteiger partial charge in [0.25, 0.3) is 11.1 Å². The number of oxazole rings is 1. The van der Waals surface area contributed by atoms with Gasteiger partial charge in [-0.2, -0.15) is 13.2 Å². The number of carbonyl (C=O) groups excluding carboxylic acids is 4. The summed E-state index contributed by atoms with van der Waals surface area (Å²) >= 11 is 0.828. The van der Waals surface area contributed by atoms with Crippen molar-refractivity contribution in [1.82, 2.24) is 15.2 Å². The summed E-state index contributed by atoms with van der Waals surface area (Å²) in [4.78, 5) is 53.9. The molecule has 1 atom stereocenters. The summed E-state index contributed by atoms with van der Waals surface area (Å²) in [7, 11) is 0. The number of rotatable bonds is 6. The number of benzene rings is 2. The number of halogens is 3. The molecule has 0 bridgehead atoms. The lowest BCUT2D eigenvalue weighted by Gasteiger charge is -2.32. The number of amides is 4. The van der Waals surface area contributed by atoms with Crippen molar-refractivity contribution in [2.45, 2.75) is 36.6 Å². The van der Waals surface area contributed by atoms with Gasteiger partial charge in [-0.05, 0) is 48.6 Å². The Labute approximate surface area is 230 Å². The lowest BCUT2D eigenvalue weighted by Crippen LogP contribution is -2.40. The predicted molar refractivity (Wildman–Crippen MR) is 139 cm³/mol. The van der Waals surface area contributed by atoms with E-state index in [1.165, 1.54) is 12.1 Å². The summed E-state index contributed by atoms with van der Waals surface area (Å²) in [6.07, 6.45) is -3.59. The second-order valence-corrected chi connectivity index (χ2v) is 10.6. The van der Waals surface area contributed by atoms with Crippen LogP contribution >= 0.6 is 11.8 Å². The molecule has 1 unspecified atom stereocenters. The van der Waals surface area contributed by atoms with Crippen molar-refractivity contribution in [3.8, 4) is 11.5 Å². The van der Waals surface area contributed by atoms with Gasteiger partial charge in [0.1, 0.15) is 5.25 Å². The molecule has 3 heterocycles. The van der Waals surface area contributed by atoms with Crippen molar-refractivity contribution in [2.24, 2.45) is 0 Å². The van der Waals surface area contributed by atoms with Gasteiger partial charge < -0.3 is 14.6 Å². The maximum absolute atomic E-state index is 13.6. The van der Waals surface area contributed by atoms with Crippen molar-refractivity contribution in [2.75, 3.05) is 18.4 Å². The smallest absolute Gasteiger partial charge is 0.431 e. The second kappa shape index (κ2) is 11.2. The molecular formula is C27H23F3N4O5S. The summed E-state index contributed by atoms with van der Waals surface area (Å²) in [6.45, 7) is 0.982. The number of carbonyl (C=O) groups is 4. The van der Waals surface area contributed by atoms with Gasteiger partial charge in [0.05, 0.1) is 0 Å². The third kappa shape index (κ3) is 6.03. The molecule has 2 fully saturated rings. The van der Waals surface area contributed by atoms with Crippen LogP contribution in [0.2, 0.25) is 0 Å². The molecule has 0 aliphatic carbocycles. The van der Waals surface area contributed by atoms with Crippen molar-refractivity contribution in [3.05, 3.63) is 71.6 Å². The summed E-state index contributed by atoms with van der Waals surface area (Å²) in [5.41, 5.74) is 0.707. The summed E-state index contributed by atoms with van der Waals surface area (Å²) < 4.78 is 45.7. The molecule has 2 aromatic carbocycles. The standard InChI is InChI=1S/C27H23F3N4O5S/c28-27(29,30)22-21(32-25(39-22)17-4-2-1-3-5-17)24(37)31-18-8-6-15(7-9-18)16-10-12-34(13-11-16)20(35)14-19-23(36)33-26(38)40-19/h1-9,16,19H,10-14H2,(H,31,37)(H,33,36,38). The van der Waals surface area contributed by atoms with Crippen LogP contribution in [-0.2, 0) is 15.8 Å². The van der Waals surface area contributed by atoms with E-state index in [9.17, 15) is 32.3 Å². The van der Waals surface area contributed by atoms with E-state index in [0.717, 1.165) is 17.3 Å². The Balaban J connectivity index is 1.20. The number of anilines is 1. The predicted octanol–water partition coefficient (Wildman–Crippen LogP) is 5.06. The second-order valence-electron chi connectivity index (χ2n) is 9.38. The topological polar surface area (TPSA) is 122 Å². The molecule has 2 saturated heterocycles. The van der Waals surface area contributed by atoms with Crippen LogP contribution < -0.4 is 10.6 Å². The highest BCUT2D eigenvalue weighted by atomic mass is 32.2. The molecule has 2 aliphatic rings. The molecule has 4 amide bonds. The first-order valence-electron chi connectivity index (χ1n) is 12.4. The number of alkyl halides is 3. The van der Waals surface area contributed by atoms with E-state index < -0.39 is 39.9 Å². The first-order chi connectivity index (χ1) is 19.1. The van der Waals surface area contributed by atoms with E-state index in [-0.39, 0.29) is 24.1 Å². The molecule has 208 valence electrons. The van der Waals surface area contributed by atoms with Gasteiger partial charge in [0, 0.05) is 30.8 Å². The van der Waals surface area contributed by atoms with Gasteiger partial charge in [-0.1, -0.05) is 42.1 Å². The molecule has 1 aromatic heterocycles. The number of piperidine rings is 1. The maximum atomic E-state index is 13.6. The van der Waals surface area contributed by atoms with Crippen LogP contribution in [0.3, 0.4) is 0 Å². The summed E-state index contributed by atoms with van der Waals surface area (Å²) in [6, 6.07) is 14.8. The number of thioether (sulfide) groups is 1. The Hall–Kier alpha value is -4.13. The monoisotopic (exact) mass is 572 g/mol. The minimum absolute atomic E-state index is 0.0320. The molecule has 0 saturated carbocycles. The highest BCUT2D eigenvalue weighted by Crippen LogP contribution is 2.36. The maximum Gasteiger partial charge on any atom is 0.452 e. The zero-order valence-electron chi connectivity index (χ0n) is 20.9. The summed E-state index contributed by atoms with van der Waals surface area (Å²) in [5.74, 6) is -3.31. The van der Waals surface area contributed by atoms with Gasteiger partial charge in [-0.3, -0.25) is 24.5 Å². The fourth-order valence-corrected chi connectivity index (χ4v) is 5.49. The van der Waals surface area contributed by atoms with Crippen LogP contribution in [0.5, 0.6) is 0 Å². The van der Waals surface area contributed by atoms with Crippen LogP contribution in [0, 0.1) is 0 Å². The van der Waals surface area contributed by atoms with Gasteiger partial charge in [0.2, 0.25) is 23.5 Å². The Morgan fingerprint density at radius 1 is 1.05 bits per heavy atom. The molecule has 9 nitrogen and oxygen atoms in total. The number of nitrogens with zero attached hydrogens (tertiary/aromatic N) is 2. The fourth-order valence-electron chi connectivity index (χ4n) is 4.68. The van der Waals surface area contributed by atoms with Crippen molar-refractivity contribution < 1.29 is 36.8 Å². The van der Waals surface area contributed by atoms with Gasteiger partial charge in [-0.25, -0.2) is 4.98 Å². The van der Waals surface area contributed by atoms with Crippen LogP contribution in [0.15, 0.2) is 59.0 Å². The van der Waals surface area contributed by atoms with Crippen LogP contribution in [-0.4, -0.2) is 51.2 Å². The van der Waals surface area contributed by atoms with E-state index in [1.54, 1.807) is 47.4 Å². The van der Waals surface area contributed by atoms with Crippen molar-refractivity contribution in [1.29, 1.82) is 0 Å². The van der Waals surface area contributed by atoms with E-state index in [4.69, 9.17) is 4.42 Å². The number of hydrogen-bond acceptors (Lipinski definition) is 7. The quantitative estimate of drug-likeness (QED) is 0.424. The third-order valence-corrected chi connectivity index (χ3v) is 7.72. The van der Waals surface area contributed by atoms with Crippen molar-refractivity contribution in [3.63, 3.8) is 0 Å². The van der Waals surface area contributed by atoms with Crippen LogP contribution in [0.4, 0.5) is 23.7 Å². The largest absolute Gasteiger partial charge is 0.452 e. The minimum Gasteiger partial charge on any atom is -0.431 e. The molecule has 0 radical (unpaired) electrons. The van der Waals surface area contributed by atoms with Crippen molar-refractivity contribution >= 4 is 40.4 Å². The minimum atomic E-state index is -4.91. The normalized spacial score (nSPS) is 18.1. The number of aromatic nitrogens is 1. The summed E-state index contributed by atoms with van der Waals surface area (Å²) in [5, 5.41) is 3.49. The van der Waals surface area contributed by atoms with E-state index in [2.05, 4.69) is 15.6 Å². The first kappa shape index (κ1) is 27.4. The molecular weight excluding hydrogens is 549 g/mol. The Morgan fingerprint density at radius 3 is 2.33 bits per heavy atom. The molecule has 5 rings (SSSR count). The Morgan fingerprint density at radius 2 is 1.73 bits per heavy atom. The lowest BCUT2D eigenvalue weighted by atomic mass is 9.89. The molecule has 0 spiro atoms. The molecule has 2 aliphatic heterocycles. The average molecular weight is 573 g/mol. The highest BCUT2D eigenvalue weighted by molar-refractivity contribution is 8.15. The van der Waals surface area contributed by atoms with Crippen LogP contribution in [0.1, 0.15) is 47.0 Å². The Bertz CT molecular complexity index is 1430. The number of nitrogens with one attached hydrogen (secondary N) is 2. The zero-order chi connectivity index (χ0) is 28.4. The van der Waals surface area contributed by atoms with E-state index >= 15 is 0 Å². The lowest BCUT2D eigenvalue weighted by molar-refractivity contribution is -0.153. The third-order valence-electron chi connectivity index (χ3n) is 6.74. The van der Waals surface area contributed by atoms with Crippen LogP contribution in [0.25, 0.3) is 11.5 Å². The fraction of sp³-hybridized carbons (Fsp3) is 0.296. The molecule has 3 aromatic rings. The van der Waals surface area contributed by atoms with Gasteiger partial charge in [-0.15, -0.1) is 0 Å². The van der Waals surface area contributed by atoms with Gasteiger partial charge in [0.15, 0.2) is 5.69 Å². The number of hydrogen-bond donors (Lipinski definition) is 2. The zero-order valence-corrected chi connectivity index (χ0v) is 21.7. The number of imide groups is 1.